The number of nitrogens with one attached hydrogen (secondary N) is 1. The van der Waals surface area contributed by atoms with Crippen molar-refractivity contribution in [3.05, 3.63) is 39.9 Å². The molecule has 112 valence electrons. The first kappa shape index (κ1) is 15.4. The highest BCUT2D eigenvalue weighted by atomic mass is 32.1. The minimum Gasteiger partial charge on any atom is -0.493 e. The summed E-state index contributed by atoms with van der Waals surface area (Å²) in [5.41, 5.74) is 2.93. The number of hydrogen-bond donors (Lipinski definition) is 1. The highest BCUT2D eigenvalue weighted by Crippen LogP contribution is 2.22. The number of hydrogen-bond acceptors (Lipinski definition) is 5. The van der Waals surface area contributed by atoms with Gasteiger partial charge in [-0.1, -0.05) is 22.7 Å². The topological polar surface area (TPSA) is 64.1 Å². The fourth-order valence-electron chi connectivity index (χ4n) is 2.00. The third-order valence-electron chi connectivity index (χ3n) is 3.12. The molecule has 2 aromatic rings. The van der Waals surface area contributed by atoms with Gasteiger partial charge in [0.1, 0.15) is 10.6 Å². The summed E-state index contributed by atoms with van der Waals surface area (Å²) in [5.74, 6) is 0.820. The molecule has 5 nitrogen and oxygen atoms in total. The van der Waals surface area contributed by atoms with Crippen LogP contribution < -0.4 is 10.1 Å². The number of para-hydroxylation sites is 1. The van der Waals surface area contributed by atoms with Crippen LogP contribution in [0.4, 0.5) is 0 Å². The van der Waals surface area contributed by atoms with Gasteiger partial charge in [0.15, 0.2) is 0 Å². The zero-order valence-electron chi connectivity index (χ0n) is 12.5. The average molecular weight is 305 g/mol. The fraction of sp³-hybridized carbons (Fsp3) is 0.400. The number of aryl methyl sites for hydroxylation is 3. The lowest BCUT2D eigenvalue weighted by molar-refractivity contribution is 0.0955. The van der Waals surface area contributed by atoms with Crippen molar-refractivity contribution in [3.8, 4) is 5.75 Å². The third-order valence-corrected chi connectivity index (χ3v) is 3.95. The molecule has 0 radical (unpaired) electrons. The monoisotopic (exact) mass is 305 g/mol. The van der Waals surface area contributed by atoms with Crippen LogP contribution in [0, 0.1) is 20.8 Å². The zero-order valence-corrected chi connectivity index (χ0v) is 13.3. The van der Waals surface area contributed by atoms with Crippen molar-refractivity contribution in [1.29, 1.82) is 0 Å². The van der Waals surface area contributed by atoms with E-state index in [9.17, 15) is 4.79 Å². The van der Waals surface area contributed by atoms with E-state index in [1.807, 2.05) is 32.0 Å². The first-order valence-corrected chi connectivity index (χ1v) is 7.63. The molecule has 6 heteroatoms. The standard InChI is InChI=1S/C15H19N3O2S/c1-10-6-4-7-11(2)13(10)20-9-5-8-16-15(19)14-12(3)17-18-21-14/h4,6-7H,5,8-9H2,1-3H3,(H,16,19). The summed E-state index contributed by atoms with van der Waals surface area (Å²) < 4.78 is 9.54. The lowest BCUT2D eigenvalue weighted by atomic mass is 10.1. The van der Waals surface area contributed by atoms with Crippen LogP contribution in [-0.2, 0) is 0 Å². The van der Waals surface area contributed by atoms with Gasteiger partial charge in [0.25, 0.3) is 5.91 Å². The Morgan fingerprint density at radius 1 is 1.29 bits per heavy atom. The van der Waals surface area contributed by atoms with E-state index in [2.05, 4.69) is 14.9 Å². The largest absolute Gasteiger partial charge is 0.493 e. The number of aromatic nitrogens is 2. The molecule has 1 aromatic heterocycles. The predicted octanol–water partition coefficient (Wildman–Crippen LogP) is 2.66. The Kier molecular flexibility index (Phi) is 5.27. The van der Waals surface area contributed by atoms with Crippen molar-refractivity contribution in [3.63, 3.8) is 0 Å². The average Bonchev–Trinajstić information content (AvgIpc) is 2.87. The SMILES string of the molecule is Cc1cccc(C)c1OCCCNC(=O)c1snnc1C. The van der Waals surface area contributed by atoms with Gasteiger partial charge >= 0.3 is 0 Å². The van der Waals surface area contributed by atoms with Crippen LogP contribution >= 0.6 is 11.5 Å². The summed E-state index contributed by atoms with van der Waals surface area (Å²) in [6.07, 6.45) is 0.755. The summed E-state index contributed by atoms with van der Waals surface area (Å²) in [6.45, 7) is 6.99. The molecule has 0 aliphatic rings. The fourth-order valence-corrected chi connectivity index (χ4v) is 2.57. The Bertz CT molecular complexity index is 605. The number of carbonyl (C=O) groups is 1. The van der Waals surface area contributed by atoms with E-state index in [1.54, 1.807) is 6.92 Å². The first-order chi connectivity index (χ1) is 10.1. The van der Waals surface area contributed by atoms with Crippen LogP contribution in [0.2, 0.25) is 0 Å². The molecule has 1 amide bonds. The molecular weight excluding hydrogens is 286 g/mol. The van der Waals surface area contributed by atoms with Gasteiger partial charge in [-0.15, -0.1) is 5.10 Å². The van der Waals surface area contributed by atoms with Crippen molar-refractivity contribution >= 4 is 17.4 Å². The normalized spacial score (nSPS) is 10.4. The van der Waals surface area contributed by atoms with Crippen LogP contribution in [0.1, 0.15) is 32.9 Å². The molecule has 1 N–H and O–H groups in total. The van der Waals surface area contributed by atoms with Gasteiger partial charge < -0.3 is 10.1 Å². The molecule has 1 aromatic carbocycles. The number of nitrogens with zero attached hydrogens (tertiary/aromatic N) is 2. The van der Waals surface area contributed by atoms with Crippen molar-refractivity contribution < 1.29 is 9.53 Å². The van der Waals surface area contributed by atoms with E-state index in [1.165, 1.54) is 0 Å². The molecule has 0 aliphatic heterocycles. The molecule has 0 saturated heterocycles. The quantitative estimate of drug-likeness (QED) is 0.833. The van der Waals surface area contributed by atoms with Gasteiger partial charge in [0, 0.05) is 6.54 Å². The van der Waals surface area contributed by atoms with E-state index in [4.69, 9.17) is 4.74 Å². The zero-order chi connectivity index (χ0) is 15.2. The number of ether oxygens (including phenoxy) is 1. The summed E-state index contributed by atoms with van der Waals surface area (Å²) in [5, 5.41) is 6.68. The highest BCUT2D eigenvalue weighted by Gasteiger charge is 2.12. The van der Waals surface area contributed by atoms with Gasteiger partial charge in [-0.05, 0) is 49.9 Å². The molecule has 0 aliphatic carbocycles. The second kappa shape index (κ2) is 7.17. The van der Waals surface area contributed by atoms with Crippen LogP contribution in [-0.4, -0.2) is 28.6 Å². The van der Waals surface area contributed by atoms with Gasteiger partial charge in [-0.3, -0.25) is 4.79 Å². The molecule has 0 fully saturated rings. The second-order valence-electron chi connectivity index (χ2n) is 4.87. The van der Waals surface area contributed by atoms with E-state index < -0.39 is 0 Å². The van der Waals surface area contributed by atoms with Crippen molar-refractivity contribution in [2.45, 2.75) is 27.2 Å². The maximum Gasteiger partial charge on any atom is 0.264 e. The summed E-state index contributed by atoms with van der Waals surface area (Å²) in [7, 11) is 0. The molecule has 0 bridgehead atoms. The minimum absolute atomic E-state index is 0.116. The van der Waals surface area contributed by atoms with Crippen LogP contribution in [0.25, 0.3) is 0 Å². The Hall–Kier alpha value is -1.95. The molecule has 0 saturated carbocycles. The lowest BCUT2D eigenvalue weighted by Crippen LogP contribution is -2.25. The Morgan fingerprint density at radius 2 is 2.00 bits per heavy atom. The van der Waals surface area contributed by atoms with Gasteiger partial charge in [0.05, 0.1) is 12.3 Å². The number of benzene rings is 1. The molecule has 21 heavy (non-hydrogen) atoms. The Balaban J connectivity index is 1.73. The molecule has 0 unspecified atom stereocenters. The van der Waals surface area contributed by atoms with Crippen molar-refractivity contribution in [2.24, 2.45) is 0 Å². The Morgan fingerprint density at radius 3 is 2.62 bits per heavy atom. The summed E-state index contributed by atoms with van der Waals surface area (Å²) >= 11 is 1.12. The van der Waals surface area contributed by atoms with Crippen LogP contribution in [0.3, 0.4) is 0 Å². The van der Waals surface area contributed by atoms with Crippen molar-refractivity contribution in [1.82, 2.24) is 14.9 Å². The summed E-state index contributed by atoms with van der Waals surface area (Å²) in [4.78, 5) is 12.4. The first-order valence-electron chi connectivity index (χ1n) is 6.85. The molecule has 0 spiro atoms. The number of rotatable bonds is 6. The minimum atomic E-state index is -0.116. The molecule has 0 atom stereocenters. The van der Waals surface area contributed by atoms with Gasteiger partial charge in [0.2, 0.25) is 0 Å². The second-order valence-corrected chi connectivity index (χ2v) is 5.62. The van der Waals surface area contributed by atoms with E-state index in [0.717, 1.165) is 34.8 Å². The lowest BCUT2D eigenvalue weighted by Gasteiger charge is -2.12. The molecule has 2 rings (SSSR count). The predicted molar refractivity (Wildman–Crippen MR) is 83.0 cm³/mol. The van der Waals surface area contributed by atoms with Crippen LogP contribution in [0.5, 0.6) is 5.75 Å². The number of carbonyl (C=O) groups excluding carboxylic acids is 1. The molecule has 1 heterocycles. The maximum absolute atomic E-state index is 11.8. The van der Waals surface area contributed by atoms with Crippen LogP contribution in [0.15, 0.2) is 18.2 Å². The summed E-state index contributed by atoms with van der Waals surface area (Å²) in [6, 6.07) is 6.08. The maximum atomic E-state index is 11.8. The third kappa shape index (κ3) is 4.01. The number of amides is 1. The van der Waals surface area contributed by atoms with Crippen molar-refractivity contribution in [2.75, 3.05) is 13.2 Å². The molecular formula is C15H19N3O2S. The van der Waals surface area contributed by atoms with Gasteiger partial charge in [-0.25, -0.2) is 0 Å². The van der Waals surface area contributed by atoms with E-state index >= 15 is 0 Å². The van der Waals surface area contributed by atoms with E-state index in [0.29, 0.717) is 23.7 Å². The van der Waals surface area contributed by atoms with Gasteiger partial charge in [-0.2, -0.15) is 0 Å². The highest BCUT2D eigenvalue weighted by molar-refractivity contribution is 7.07. The van der Waals surface area contributed by atoms with E-state index in [-0.39, 0.29) is 5.91 Å². The smallest absolute Gasteiger partial charge is 0.264 e. The Labute approximate surface area is 128 Å².